The van der Waals surface area contributed by atoms with Crippen LogP contribution in [0.5, 0.6) is 0 Å². The van der Waals surface area contributed by atoms with Gasteiger partial charge in [-0.25, -0.2) is 9.37 Å². The van der Waals surface area contributed by atoms with Gasteiger partial charge in [0.05, 0.1) is 11.7 Å². The second-order valence-corrected chi connectivity index (χ2v) is 12.6. The lowest BCUT2D eigenvalue weighted by Gasteiger charge is -2.62. The fourth-order valence-electron chi connectivity index (χ4n) is 8.90. The van der Waals surface area contributed by atoms with Gasteiger partial charge in [0.2, 0.25) is 0 Å². The minimum absolute atomic E-state index is 0.0172. The Morgan fingerprint density at radius 1 is 1.13 bits per heavy atom. The highest BCUT2D eigenvalue weighted by Crippen LogP contribution is 2.70. The van der Waals surface area contributed by atoms with Gasteiger partial charge in [-0.2, -0.15) is 0 Å². The number of ether oxygens (including phenoxy) is 1. The Hall–Kier alpha value is -2.36. The van der Waals surface area contributed by atoms with Gasteiger partial charge >= 0.3 is 0 Å². The van der Waals surface area contributed by atoms with Crippen LogP contribution in [0.3, 0.4) is 0 Å². The summed E-state index contributed by atoms with van der Waals surface area (Å²) in [5.41, 5.74) is 4.04. The average Bonchev–Trinajstić information content (AvgIpc) is 3.43. The molecule has 2 saturated heterocycles. The molecule has 2 spiro atoms. The topological polar surface area (TPSA) is 112 Å². The molecule has 7 nitrogen and oxygen atoms in total. The van der Waals surface area contributed by atoms with Gasteiger partial charge in [-0.05, 0) is 80.4 Å². The van der Waals surface area contributed by atoms with Gasteiger partial charge in [-0.3, -0.25) is 0 Å². The zero-order valence-electron chi connectivity index (χ0n) is 22.1. The van der Waals surface area contributed by atoms with E-state index in [-0.39, 0.29) is 17.8 Å². The zero-order chi connectivity index (χ0) is 26.8. The molecule has 3 heterocycles. The summed E-state index contributed by atoms with van der Waals surface area (Å²) in [6.45, 7) is 2.25. The van der Waals surface area contributed by atoms with Gasteiger partial charge in [0.1, 0.15) is 23.6 Å². The van der Waals surface area contributed by atoms with Gasteiger partial charge in [-0.15, -0.1) is 0 Å². The van der Waals surface area contributed by atoms with Crippen LogP contribution in [-0.4, -0.2) is 80.5 Å². The van der Waals surface area contributed by atoms with E-state index in [0.717, 1.165) is 22.8 Å². The van der Waals surface area contributed by atoms with Crippen molar-refractivity contribution in [3.8, 4) is 0 Å². The van der Waals surface area contributed by atoms with E-state index in [4.69, 9.17) is 10.5 Å². The van der Waals surface area contributed by atoms with Crippen LogP contribution in [0.2, 0.25) is 0 Å². The zero-order valence-corrected chi connectivity index (χ0v) is 22.1. The lowest BCUT2D eigenvalue weighted by Crippen LogP contribution is -2.78. The third-order valence-electron chi connectivity index (χ3n) is 10.9. The summed E-state index contributed by atoms with van der Waals surface area (Å²) >= 11 is 0. The summed E-state index contributed by atoms with van der Waals surface area (Å²) in [4.78, 5) is 6.02. The number of hydrogen-bond donors (Lipinski definition) is 4. The van der Waals surface area contributed by atoms with Crippen molar-refractivity contribution in [1.82, 2.24) is 9.88 Å². The van der Waals surface area contributed by atoms with E-state index >= 15 is 4.39 Å². The standard InChI is InChI=1S/C30H36FN3O4/c1-27-10-8-20-24(36)30(31)25(37)23(35)21(34(2)3)15-28(30)11-12-29(20,38-28)22(27)7-6-19(27)17-4-5-18-16(14-17)9-13-33-26(18)32/h4-6,8-9,13-14,21-25,35-37H,7,10-12,15H2,1-3H3,(H2,32,33). The maximum atomic E-state index is 17.0. The number of nitrogen functional groups attached to an aromatic ring is 1. The van der Waals surface area contributed by atoms with Gasteiger partial charge in [0.15, 0.2) is 5.67 Å². The number of halogens is 1. The fraction of sp³-hybridized carbons (Fsp3) is 0.567. The van der Waals surface area contributed by atoms with Crippen LogP contribution in [0.15, 0.2) is 48.2 Å². The van der Waals surface area contributed by atoms with E-state index in [9.17, 15) is 15.3 Å². The smallest absolute Gasteiger partial charge is 0.197 e. The summed E-state index contributed by atoms with van der Waals surface area (Å²) in [5, 5.41) is 35.6. The molecule has 2 aliphatic heterocycles. The Morgan fingerprint density at radius 3 is 2.68 bits per heavy atom. The Labute approximate surface area is 221 Å². The number of aliphatic hydroxyl groups excluding tert-OH is 3. The number of rotatable bonds is 2. The molecule has 202 valence electrons. The lowest BCUT2D eigenvalue weighted by atomic mass is 9.55. The highest BCUT2D eigenvalue weighted by atomic mass is 19.1. The number of nitrogens with two attached hydrogens (primary N) is 1. The molecule has 0 amide bonds. The van der Waals surface area contributed by atoms with Crippen molar-refractivity contribution in [1.29, 1.82) is 0 Å². The third-order valence-corrected chi connectivity index (χ3v) is 10.9. The van der Waals surface area contributed by atoms with Crippen molar-refractivity contribution in [2.45, 2.75) is 80.3 Å². The molecular formula is C30H36FN3O4. The van der Waals surface area contributed by atoms with Crippen LogP contribution in [0, 0.1) is 11.3 Å². The second kappa shape index (κ2) is 7.64. The molecule has 2 aromatic rings. The SMILES string of the molecule is CN(C)C1CC23CCC4(O2)C(=CCC2(C)C(c5ccc6c(N)nccc6c5)=CCC24)C(O)C3(F)C(O)C1O. The van der Waals surface area contributed by atoms with Gasteiger partial charge < -0.3 is 30.7 Å². The van der Waals surface area contributed by atoms with Crippen molar-refractivity contribution >= 4 is 22.2 Å². The quantitative estimate of drug-likeness (QED) is 0.450. The van der Waals surface area contributed by atoms with Crippen molar-refractivity contribution < 1.29 is 24.4 Å². The number of hydrogen-bond acceptors (Lipinski definition) is 7. The number of fused-ring (bicyclic) bond motifs is 2. The largest absolute Gasteiger partial charge is 0.389 e. The van der Waals surface area contributed by atoms with E-state index in [0.29, 0.717) is 30.7 Å². The highest BCUT2D eigenvalue weighted by molar-refractivity contribution is 5.93. The number of benzene rings is 1. The summed E-state index contributed by atoms with van der Waals surface area (Å²) < 4.78 is 24.0. The molecule has 8 heteroatoms. The van der Waals surface area contributed by atoms with Crippen LogP contribution < -0.4 is 5.73 Å². The molecule has 9 atom stereocenters. The Morgan fingerprint density at radius 2 is 1.92 bits per heavy atom. The molecular weight excluding hydrogens is 485 g/mol. The Kier molecular flexibility index (Phi) is 4.96. The summed E-state index contributed by atoms with van der Waals surface area (Å²) in [6.07, 6.45) is 3.91. The number of likely N-dealkylation sites (N-methyl/N-ethyl adjacent to an activating group) is 1. The number of alkyl halides is 1. The monoisotopic (exact) mass is 521 g/mol. The fourth-order valence-corrected chi connectivity index (χ4v) is 8.90. The second-order valence-electron chi connectivity index (χ2n) is 12.6. The first kappa shape index (κ1) is 24.7. The van der Waals surface area contributed by atoms with E-state index in [2.05, 4.69) is 30.1 Å². The van der Waals surface area contributed by atoms with E-state index < -0.39 is 41.2 Å². The predicted octanol–water partition coefficient (Wildman–Crippen LogP) is 2.98. The van der Waals surface area contributed by atoms with Crippen LogP contribution in [-0.2, 0) is 4.74 Å². The molecule has 9 unspecified atom stereocenters. The number of anilines is 1. The van der Waals surface area contributed by atoms with Crippen LogP contribution in [0.25, 0.3) is 16.3 Å². The normalized spacial score (nSPS) is 45.4. The van der Waals surface area contributed by atoms with E-state index in [1.165, 1.54) is 5.57 Å². The molecule has 5 aliphatic rings. The van der Waals surface area contributed by atoms with Crippen LogP contribution in [0.1, 0.15) is 44.6 Å². The number of pyridine rings is 1. The molecule has 2 bridgehead atoms. The molecule has 1 aromatic carbocycles. The molecule has 5 N–H and O–H groups in total. The van der Waals surface area contributed by atoms with Crippen molar-refractivity contribution in [2.24, 2.45) is 11.3 Å². The maximum Gasteiger partial charge on any atom is 0.197 e. The summed E-state index contributed by atoms with van der Waals surface area (Å²) in [5.74, 6) is 0.526. The minimum atomic E-state index is -2.47. The van der Waals surface area contributed by atoms with Gasteiger partial charge in [0.25, 0.3) is 0 Å². The Bertz CT molecular complexity index is 1410. The van der Waals surface area contributed by atoms with E-state index in [1.807, 2.05) is 37.2 Å². The Balaban J connectivity index is 1.31. The number of aliphatic hydroxyl groups is 3. The maximum absolute atomic E-state index is 17.0. The number of aromatic nitrogens is 1. The van der Waals surface area contributed by atoms with Crippen molar-refractivity contribution in [2.75, 3.05) is 19.8 Å². The first-order valence-corrected chi connectivity index (χ1v) is 13.6. The van der Waals surface area contributed by atoms with E-state index in [1.54, 1.807) is 6.20 Å². The molecule has 38 heavy (non-hydrogen) atoms. The van der Waals surface area contributed by atoms with Crippen molar-refractivity contribution in [3.63, 3.8) is 0 Å². The average molecular weight is 522 g/mol. The number of nitrogens with zero attached hydrogens (tertiary/aromatic N) is 2. The molecule has 3 fully saturated rings. The van der Waals surface area contributed by atoms with Crippen molar-refractivity contribution in [3.05, 3.63) is 53.8 Å². The molecule has 3 aliphatic carbocycles. The predicted molar refractivity (Wildman–Crippen MR) is 143 cm³/mol. The summed E-state index contributed by atoms with van der Waals surface area (Å²) in [6, 6.07) is 7.76. The first-order chi connectivity index (χ1) is 18.0. The first-order valence-electron chi connectivity index (χ1n) is 13.6. The highest BCUT2D eigenvalue weighted by Gasteiger charge is 2.79. The molecule has 1 aromatic heterocycles. The number of allylic oxidation sites excluding steroid dienone is 3. The van der Waals surface area contributed by atoms with Gasteiger partial charge in [0, 0.05) is 29.0 Å². The third kappa shape index (κ3) is 2.73. The van der Waals surface area contributed by atoms with Crippen LogP contribution >= 0.6 is 0 Å². The summed E-state index contributed by atoms with van der Waals surface area (Å²) in [7, 11) is 3.63. The lowest BCUT2D eigenvalue weighted by molar-refractivity contribution is -0.308. The van der Waals surface area contributed by atoms with Crippen LogP contribution in [0.4, 0.5) is 10.2 Å². The molecule has 1 saturated carbocycles. The van der Waals surface area contributed by atoms with Gasteiger partial charge in [-0.1, -0.05) is 31.2 Å². The molecule has 7 rings (SSSR count). The minimum Gasteiger partial charge on any atom is -0.389 e. The molecule has 0 radical (unpaired) electrons.